The molecule has 1 saturated carbocycles. The molecule has 0 unspecified atom stereocenters. The molecule has 8 heteroatoms. The fourth-order valence-electron chi connectivity index (χ4n) is 4.31. The first-order valence-electron chi connectivity index (χ1n) is 12.0. The summed E-state index contributed by atoms with van der Waals surface area (Å²) in [5.41, 5.74) is 2.99. The number of pyridine rings is 1. The molecule has 1 aliphatic rings. The van der Waals surface area contributed by atoms with Crippen molar-refractivity contribution in [2.45, 2.75) is 38.1 Å². The highest BCUT2D eigenvalue weighted by Gasteiger charge is 2.15. The number of thiazole rings is 1. The van der Waals surface area contributed by atoms with Gasteiger partial charge in [-0.25, -0.2) is 4.98 Å². The van der Waals surface area contributed by atoms with E-state index >= 15 is 0 Å². The molecule has 0 saturated heterocycles. The second-order valence-electron chi connectivity index (χ2n) is 8.67. The third-order valence-electron chi connectivity index (χ3n) is 6.08. The third kappa shape index (κ3) is 5.78. The van der Waals surface area contributed by atoms with Crippen LogP contribution in [0.3, 0.4) is 0 Å². The Balaban J connectivity index is 1.31. The zero-order chi connectivity index (χ0) is 24.0. The number of ether oxygens (including phenoxy) is 1. The second kappa shape index (κ2) is 10.8. The van der Waals surface area contributed by atoms with Gasteiger partial charge in [-0.2, -0.15) is 0 Å². The summed E-state index contributed by atoms with van der Waals surface area (Å²) in [6.07, 6.45) is 8.03. The monoisotopic (exact) mass is 488 g/mol. The Morgan fingerprint density at radius 2 is 1.91 bits per heavy atom. The molecule has 0 aliphatic heterocycles. The average molecular weight is 489 g/mol. The number of aromatic nitrogens is 2. The summed E-state index contributed by atoms with van der Waals surface area (Å²) in [5.74, 6) is 1.16. The van der Waals surface area contributed by atoms with Crippen molar-refractivity contribution < 1.29 is 14.6 Å². The van der Waals surface area contributed by atoms with Crippen molar-refractivity contribution in [2.24, 2.45) is 0 Å². The maximum atomic E-state index is 12.2. The van der Waals surface area contributed by atoms with Crippen LogP contribution in [0, 0.1) is 0 Å². The number of anilines is 1. The Labute approximate surface area is 208 Å². The highest BCUT2D eigenvalue weighted by Crippen LogP contribution is 2.33. The maximum absolute atomic E-state index is 12.2. The van der Waals surface area contributed by atoms with Crippen LogP contribution in [0.5, 0.6) is 11.5 Å². The lowest BCUT2D eigenvalue weighted by Crippen LogP contribution is -2.26. The van der Waals surface area contributed by atoms with E-state index in [0.29, 0.717) is 23.0 Å². The van der Waals surface area contributed by atoms with Crippen LogP contribution >= 0.6 is 11.3 Å². The van der Waals surface area contributed by atoms with Crippen molar-refractivity contribution in [2.75, 3.05) is 18.5 Å². The highest BCUT2D eigenvalue weighted by atomic mass is 32.1. The molecule has 35 heavy (non-hydrogen) atoms. The Bertz CT molecular complexity index is 1320. The molecule has 5 rings (SSSR count). The number of carbonyl (C=O) groups excluding carboxylic acids is 1. The molecule has 0 bridgehead atoms. The van der Waals surface area contributed by atoms with Crippen LogP contribution in [-0.4, -0.2) is 40.2 Å². The van der Waals surface area contributed by atoms with Crippen molar-refractivity contribution >= 4 is 32.6 Å². The fourth-order valence-corrected chi connectivity index (χ4v) is 5.28. The predicted octanol–water partition coefficient (Wildman–Crippen LogP) is 5.62. The quantitative estimate of drug-likeness (QED) is 0.298. The molecular formula is C27H28N4O3S. The van der Waals surface area contributed by atoms with Gasteiger partial charge in [0.15, 0.2) is 5.13 Å². The van der Waals surface area contributed by atoms with Gasteiger partial charge in [-0.05, 0) is 43.2 Å². The van der Waals surface area contributed by atoms with Gasteiger partial charge in [0.05, 0.1) is 22.5 Å². The van der Waals surface area contributed by atoms with E-state index in [2.05, 4.69) is 15.6 Å². The SMILES string of the molecule is O=C(NCCO)c1cccc(-c2cc(Oc3ccc4nc(NC5CCCCC5)sc4c3)ccn2)c1. The number of benzene rings is 2. The zero-order valence-corrected chi connectivity index (χ0v) is 20.2. The summed E-state index contributed by atoms with van der Waals surface area (Å²) in [7, 11) is 0. The molecule has 180 valence electrons. The molecule has 4 aromatic rings. The van der Waals surface area contributed by atoms with E-state index in [0.717, 1.165) is 26.7 Å². The Morgan fingerprint density at radius 3 is 2.77 bits per heavy atom. The van der Waals surface area contributed by atoms with E-state index in [1.54, 1.807) is 29.7 Å². The minimum absolute atomic E-state index is 0.0992. The Hall–Kier alpha value is -3.49. The zero-order valence-electron chi connectivity index (χ0n) is 19.4. The number of aliphatic hydroxyl groups is 1. The number of nitrogens with zero attached hydrogens (tertiary/aromatic N) is 2. The lowest BCUT2D eigenvalue weighted by molar-refractivity contribution is 0.0945. The van der Waals surface area contributed by atoms with Crippen LogP contribution in [0.25, 0.3) is 21.5 Å². The summed E-state index contributed by atoms with van der Waals surface area (Å²) < 4.78 is 7.23. The van der Waals surface area contributed by atoms with Gasteiger partial charge in [0.1, 0.15) is 11.5 Å². The Kier molecular flexibility index (Phi) is 7.20. The lowest BCUT2D eigenvalue weighted by atomic mass is 9.96. The van der Waals surface area contributed by atoms with E-state index in [1.807, 2.05) is 42.5 Å². The standard InChI is InChI=1S/C27H28N4O3S/c32-14-13-29-26(33)19-6-4-5-18(15-19)24-16-22(11-12-28-24)34-21-9-10-23-25(17-21)35-27(31-23)30-20-7-2-1-3-8-20/h4-6,9-12,15-17,20,32H,1-3,7-8,13-14H2,(H,29,33)(H,30,31). The third-order valence-corrected chi connectivity index (χ3v) is 7.03. The number of amides is 1. The minimum atomic E-state index is -0.233. The molecular weight excluding hydrogens is 460 g/mol. The van der Waals surface area contributed by atoms with E-state index in [4.69, 9.17) is 14.8 Å². The predicted molar refractivity (Wildman–Crippen MR) is 139 cm³/mol. The van der Waals surface area contributed by atoms with E-state index < -0.39 is 0 Å². The molecule has 1 fully saturated rings. The van der Waals surface area contributed by atoms with Gasteiger partial charge in [-0.3, -0.25) is 9.78 Å². The van der Waals surface area contributed by atoms with Gasteiger partial charge in [0, 0.05) is 42.0 Å². The van der Waals surface area contributed by atoms with Gasteiger partial charge in [0.2, 0.25) is 0 Å². The topological polar surface area (TPSA) is 96.4 Å². The van der Waals surface area contributed by atoms with Gasteiger partial charge in [-0.15, -0.1) is 0 Å². The van der Waals surface area contributed by atoms with Crippen LogP contribution in [0.1, 0.15) is 42.5 Å². The van der Waals surface area contributed by atoms with Crippen molar-refractivity contribution in [1.29, 1.82) is 0 Å². The van der Waals surface area contributed by atoms with Crippen molar-refractivity contribution in [3.05, 3.63) is 66.4 Å². The summed E-state index contributed by atoms with van der Waals surface area (Å²) in [6.45, 7) is 0.116. The van der Waals surface area contributed by atoms with Crippen molar-refractivity contribution in [3.63, 3.8) is 0 Å². The maximum Gasteiger partial charge on any atom is 0.251 e. The fraction of sp³-hybridized carbons (Fsp3) is 0.296. The summed E-state index contributed by atoms with van der Waals surface area (Å²) >= 11 is 1.66. The van der Waals surface area contributed by atoms with Crippen LogP contribution in [0.15, 0.2) is 60.8 Å². The number of fused-ring (bicyclic) bond motifs is 1. The molecule has 1 aliphatic carbocycles. The van der Waals surface area contributed by atoms with Crippen LogP contribution in [0.2, 0.25) is 0 Å². The summed E-state index contributed by atoms with van der Waals surface area (Å²) in [5, 5.41) is 16.2. The van der Waals surface area contributed by atoms with Gasteiger partial charge < -0.3 is 20.5 Å². The Morgan fingerprint density at radius 1 is 1.06 bits per heavy atom. The first-order chi connectivity index (χ1) is 17.2. The number of aliphatic hydroxyl groups excluding tert-OH is 1. The van der Waals surface area contributed by atoms with E-state index in [1.165, 1.54) is 32.1 Å². The average Bonchev–Trinajstić information content (AvgIpc) is 3.29. The van der Waals surface area contributed by atoms with Crippen LogP contribution < -0.4 is 15.4 Å². The van der Waals surface area contributed by atoms with Gasteiger partial charge in [-0.1, -0.05) is 42.7 Å². The molecule has 7 nitrogen and oxygen atoms in total. The first-order valence-corrected chi connectivity index (χ1v) is 12.8. The summed E-state index contributed by atoms with van der Waals surface area (Å²) in [4.78, 5) is 21.4. The number of hydrogen-bond acceptors (Lipinski definition) is 7. The highest BCUT2D eigenvalue weighted by molar-refractivity contribution is 7.22. The number of hydrogen-bond donors (Lipinski definition) is 3. The van der Waals surface area contributed by atoms with Crippen LogP contribution in [0.4, 0.5) is 5.13 Å². The molecule has 1 amide bonds. The lowest BCUT2D eigenvalue weighted by Gasteiger charge is -2.22. The largest absolute Gasteiger partial charge is 0.457 e. The number of nitrogens with one attached hydrogen (secondary N) is 2. The van der Waals surface area contributed by atoms with Gasteiger partial charge in [0.25, 0.3) is 5.91 Å². The molecule has 0 atom stereocenters. The smallest absolute Gasteiger partial charge is 0.251 e. The number of rotatable bonds is 8. The van der Waals surface area contributed by atoms with Crippen molar-refractivity contribution in [3.8, 4) is 22.8 Å². The molecule has 2 aromatic carbocycles. The summed E-state index contributed by atoms with van der Waals surface area (Å²) in [6, 6.07) is 17.4. The van der Waals surface area contributed by atoms with Gasteiger partial charge >= 0.3 is 0 Å². The first kappa shape index (κ1) is 23.3. The molecule has 2 heterocycles. The van der Waals surface area contributed by atoms with Crippen molar-refractivity contribution in [1.82, 2.24) is 15.3 Å². The molecule has 0 radical (unpaired) electrons. The molecule has 2 aromatic heterocycles. The normalized spacial score (nSPS) is 14.1. The van der Waals surface area contributed by atoms with Crippen LogP contribution in [-0.2, 0) is 0 Å². The second-order valence-corrected chi connectivity index (χ2v) is 9.70. The minimum Gasteiger partial charge on any atom is -0.457 e. The number of carbonyl (C=O) groups is 1. The van der Waals surface area contributed by atoms with E-state index in [-0.39, 0.29) is 19.1 Å². The van der Waals surface area contributed by atoms with E-state index in [9.17, 15) is 4.79 Å². The molecule has 3 N–H and O–H groups in total. The molecule has 0 spiro atoms.